The van der Waals surface area contributed by atoms with E-state index in [2.05, 4.69) is 10.1 Å². The minimum Gasteiger partial charge on any atom is -0.490 e. The number of hydrogen-bond donors (Lipinski definition) is 0. The van der Waals surface area contributed by atoms with Gasteiger partial charge in [0.15, 0.2) is 11.5 Å². The Morgan fingerprint density at radius 1 is 1.12 bits per heavy atom. The van der Waals surface area contributed by atoms with E-state index in [1.165, 1.54) is 0 Å². The Hall–Kier alpha value is -3.35. The first-order valence-corrected chi connectivity index (χ1v) is 11.2. The zero-order valence-electron chi connectivity index (χ0n) is 18.8. The zero-order chi connectivity index (χ0) is 22.5. The molecule has 2 aromatic carbocycles. The fraction of sp³-hybridized carbons (Fsp3) is 0.400. The third kappa shape index (κ3) is 4.61. The molecule has 168 valence electrons. The van der Waals surface area contributed by atoms with Crippen molar-refractivity contribution in [3.8, 4) is 22.9 Å². The van der Waals surface area contributed by atoms with Gasteiger partial charge in [-0.2, -0.15) is 4.98 Å². The van der Waals surface area contributed by atoms with E-state index in [0.717, 1.165) is 29.5 Å². The number of amides is 1. The first kappa shape index (κ1) is 21.9. The molecule has 0 bridgehead atoms. The lowest BCUT2D eigenvalue weighted by Gasteiger charge is -2.22. The number of likely N-dealkylation sites (tertiary alicyclic amines) is 1. The molecule has 1 atom stereocenters. The second-order valence-electron chi connectivity index (χ2n) is 7.84. The van der Waals surface area contributed by atoms with Crippen LogP contribution in [0.2, 0.25) is 0 Å². The SMILES string of the molecule is CCOc1ccc(CC(=O)N2CCC[C@@H]2c2nc(-c3ccccc3C)no2)cc1OCC. The maximum Gasteiger partial charge on any atom is 0.249 e. The van der Waals surface area contributed by atoms with Gasteiger partial charge in [-0.05, 0) is 56.9 Å². The van der Waals surface area contributed by atoms with Crippen LogP contribution >= 0.6 is 0 Å². The Balaban J connectivity index is 1.50. The van der Waals surface area contributed by atoms with Crippen molar-refractivity contribution in [2.75, 3.05) is 19.8 Å². The number of rotatable bonds is 8. The second-order valence-corrected chi connectivity index (χ2v) is 7.84. The van der Waals surface area contributed by atoms with Gasteiger partial charge in [0.1, 0.15) is 6.04 Å². The molecule has 1 saturated heterocycles. The smallest absolute Gasteiger partial charge is 0.249 e. The lowest BCUT2D eigenvalue weighted by atomic mass is 10.1. The molecule has 0 radical (unpaired) electrons. The van der Waals surface area contributed by atoms with E-state index in [1.807, 2.05) is 68.1 Å². The summed E-state index contributed by atoms with van der Waals surface area (Å²) in [6.07, 6.45) is 2.00. The molecule has 32 heavy (non-hydrogen) atoms. The molecule has 0 spiro atoms. The fourth-order valence-electron chi connectivity index (χ4n) is 4.11. The molecular weight excluding hydrogens is 406 g/mol. The summed E-state index contributed by atoms with van der Waals surface area (Å²) >= 11 is 0. The summed E-state index contributed by atoms with van der Waals surface area (Å²) in [5.74, 6) is 2.45. The van der Waals surface area contributed by atoms with Crippen molar-refractivity contribution in [1.82, 2.24) is 15.0 Å². The first-order chi connectivity index (χ1) is 15.6. The average Bonchev–Trinajstić information content (AvgIpc) is 3.46. The molecule has 1 aromatic heterocycles. The van der Waals surface area contributed by atoms with Crippen LogP contribution in [-0.2, 0) is 11.2 Å². The highest BCUT2D eigenvalue weighted by molar-refractivity contribution is 5.79. The molecule has 3 aromatic rings. The highest BCUT2D eigenvalue weighted by atomic mass is 16.5. The molecule has 2 heterocycles. The molecule has 1 fully saturated rings. The van der Waals surface area contributed by atoms with Crippen LogP contribution in [0.4, 0.5) is 0 Å². The normalized spacial score (nSPS) is 15.7. The number of hydrogen-bond acceptors (Lipinski definition) is 6. The monoisotopic (exact) mass is 435 g/mol. The molecule has 1 amide bonds. The Labute approximate surface area is 188 Å². The topological polar surface area (TPSA) is 77.7 Å². The van der Waals surface area contributed by atoms with Crippen LogP contribution in [0.1, 0.15) is 49.7 Å². The molecule has 7 heteroatoms. The van der Waals surface area contributed by atoms with Crippen LogP contribution in [0, 0.1) is 6.92 Å². The Kier molecular flexibility index (Phi) is 6.73. The minimum absolute atomic E-state index is 0.0368. The first-order valence-electron chi connectivity index (χ1n) is 11.2. The minimum atomic E-state index is -0.193. The lowest BCUT2D eigenvalue weighted by molar-refractivity contribution is -0.131. The fourth-order valence-corrected chi connectivity index (χ4v) is 4.11. The molecule has 0 N–H and O–H groups in total. The van der Waals surface area contributed by atoms with Crippen LogP contribution in [0.3, 0.4) is 0 Å². The maximum absolute atomic E-state index is 13.2. The molecule has 0 unspecified atom stereocenters. The van der Waals surface area contributed by atoms with E-state index in [0.29, 0.717) is 43.0 Å². The van der Waals surface area contributed by atoms with Gasteiger partial charge in [-0.25, -0.2) is 0 Å². The van der Waals surface area contributed by atoms with Gasteiger partial charge in [-0.15, -0.1) is 0 Å². The standard InChI is InChI=1S/C25H29N3O4/c1-4-30-21-13-12-18(15-22(21)31-5-2)16-23(29)28-14-8-11-20(28)25-26-24(27-32-25)19-10-7-6-9-17(19)3/h6-7,9-10,12-13,15,20H,4-5,8,11,14,16H2,1-3H3/t20-/m1/s1. The van der Waals surface area contributed by atoms with Crippen molar-refractivity contribution < 1.29 is 18.8 Å². The highest BCUT2D eigenvalue weighted by Gasteiger charge is 2.34. The van der Waals surface area contributed by atoms with Crippen molar-refractivity contribution >= 4 is 5.91 Å². The van der Waals surface area contributed by atoms with E-state index in [9.17, 15) is 4.79 Å². The number of aryl methyl sites for hydroxylation is 1. The van der Waals surface area contributed by atoms with Crippen LogP contribution in [0.25, 0.3) is 11.4 Å². The lowest BCUT2D eigenvalue weighted by Crippen LogP contribution is -2.32. The number of benzene rings is 2. The number of aromatic nitrogens is 2. The second kappa shape index (κ2) is 9.85. The van der Waals surface area contributed by atoms with Crippen LogP contribution in [0.15, 0.2) is 47.0 Å². The summed E-state index contributed by atoms with van der Waals surface area (Å²) in [5, 5.41) is 4.17. The van der Waals surface area contributed by atoms with Gasteiger partial charge in [0, 0.05) is 12.1 Å². The van der Waals surface area contributed by atoms with Crippen molar-refractivity contribution in [2.24, 2.45) is 0 Å². The van der Waals surface area contributed by atoms with Gasteiger partial charge in [0.25, 0.3) is 0 Å². The van der Waals surface area contributed by atoms with E-state index >= 15 is 0 Å². The van der Waals surface area contributed by atoms with E-state index in [-0.39, 0.29) is 18.4 Å². The van der Waals surface area contributed by atoms with Gasteiger partial charge in [-0.3, -0.25) is 4.79 Å². The Bertz CT molecular complexity index is 1080. The van der Waals surface area contributed by atoms with Gasteiger partial charge >= 0.3 is 0 Å². The van der Waals surface area contributed by atoms with E-state index in [4.69, 9.17) is 14.0 Å². The van der Waals surface area contributed by atoms with Gasteiger partial charge in [-0.1, -0.05) is 35.5 Å². The molecule has 7 nitrogen and oxygen atoms in total. The van der Waals surface area contributed by atoms with Crippen LogP contribution in [-0.4, -0.2) is 40.7 Å². The molecule has 4 rings (SSSR count). The maximum atomic E-state index is 13.2. The van der Waals surface area contributed by atoms with Crippen molar-refractivity contribution in [3.63, 3.8) is 0 Å². The summed E-state index contributed by atoms with van der Waals surface area (Å²) in [4.78, 5) is 19.7. The van der Waals surface area contributed by atoms with E-state index in [1.54, 1.807) is 0 Å². The summed E-state index contributed by atoms with van der Waals surface area (Å²) in [7, 11) is 0. The van der Waals surface area contributed by atoms with Crippen molar-refractivity contribution in [1.29, 1.82) is 0 Å². The van der Waals surface area contributed by atoms with Gasteiger partial charge in [0.2, 0.25) is 17.6 Å². The van der Waals surface area contributed by atoms with Crippen LogP contribution < -0.4 is 9.47 Å². The average molecular weight is 436 g/mol. The zero-order valence-corrected chi connectivity index (χ0v) is 18.8. The van der Waals surface area contributed by atoms with Gasteiger partial charge < -0.3 is 18.9 Å². The predicted molar refractivity (Wildman–Crippen MR) is 121 cm³/mol. The summed E-state index contributed by atoms with van der Waals surface area (Å²) in [6, 6.07) is 13.4. The summed E-state index contributed by atoms with van der Waals surface area (Å²) in [6.45, 7) is 7.65. The van der Waals surface area contributed by atoms with Crippen molar-refractivity contribution in [2.45, 2.75) is 46.1 Å². The number of carbonyl (C=O) groups excluding carboxylic acids is 1. The van der Waals surface area contributed by atoms with E-state index < -0.39 is 0 Å². The molecule has 0 saturated carbocycles. The number of nitrogens with zero attached hydrogens (tertiary/aromatic N) is 3. The van der Waals surface area contributed by atoms with Crippen LogP contribution in [0.5, 0.6) is 11.5 Å². The summed E-state index contributed by atoms with van der Waals surface area (Å²) in [5.41, 5.74) is 2.91. The number of carbonyl (C=O) groups is 1. The predicted octanol–water partition coefficient (Wildman–Crippen LogP) is 4.75. The largest absolute Gasteiger partial charge is 0.490 e. The Morgan fingerprint density at radius 2 is 1.91 bits per heavy atom. The van der Waals surface area contributed by atoms with Gasteiger partial charge in [0.05, 0.1) is 19.6 Å². The Morgan fingerprint density at radius 3 is 2.69 bits per heavy atom. The molecule has 1 aliphatic heterocycles. The third-order valence-electron chi connectivity index (χ3n) is 5.65. The molecule has 1 aliphatic rings. The summed E-state index contributed by atoms with van der Waals surface area (Å²) < 4.78 is 16.9. The third-order valence-corrected chi connectivity index (χ3v) is 5.65. The molecule has 0 aliphatic carbocycles. The highest BCUT2D eigenvalue weighted by Crippen LogP contribution is 2.34. The number of ether oxygens (including phenoxy) is 2. The quantitative estimate of drug-likeness (QED) is 0.508. The molecular formula is C25H29N3O4. The van der Waals surface area contributed by atoms with Crippen molar-refractivity contribution in [3.05, 3.63) is 59.5 Å².